The van der Waals surface area contributed by atoms with Crippen molar-refractivity contribution in [2.24, 2.45) is 5.92 Å². The highest BCUT2D eigenvalue weighted by molar-refractivity contribution is 7.81. The molecule has 0 bridgehead atoms. The molecule has 1 aromatic heterocycles. The van der Waals surface area contributed by atoms with Gasteiger partial charge in [0.1, 0.15) is 23.9 Å². The quantitative estimate of drug-likeness (QED) is 0.197. The molecule has 2 aliphatic rings. The first-order valence-corrected chi connectivity index (χ1v) is 14.3. The van der Waals surface area contributed by atoms with Gasteiger partial charge >= 0.3 is 16.6 Å². The molecule has 1 fully saturated rings. The van der Waals surface area contributed by atoms with Gasteiger partial charge in [-0.15, -0.1) is 0 Å². The van der Waals surface area contributed by atoms with Crippen LogP contribution in [0, 0.1) is 5.92 Å². The van der Waals surface area contributed by atoms with Crippen LogP contribution < -0.4 is 13.7 Å². The van der Waals surface area contributed by atoms with Crippen molar-refractivity contribution in [2.45, 2.75) is 12.3 Å². The second-order valence-corrected chi connectivity index (χ2v) is 11.2. The minimum atomic E-state index is -4.76. The third-order valence-corrected chi connectivity index (χ3v) is 7.70. The second-order valence-electron chi connectivity index (χ2n) is 10.2. The molecule has 6 rings (SSSR count). The first-order valence-electron chi connectivity index (χ1n) is 13.0. The van der Waals surface area contributed by atoms with Gasteiger partial charge in [-0.2, -0.15) is 21.6 Å². The van der Waals surface area contributed by atoms with Crippen LogP contribution in [0.4, 0.5) is 17.6 Å². The van der Waals surface area contributed by atoms with Crippen molar-refractivity contribution >= 4 is 21.3 Å². The van der Waals surface area contributed by atoms with Gasteiger partial charge < -0.3 is 13.7 Å². The van der Waals surface area contributed by atoms with Crippen LogP contribution in [0.5, 0.6) is 17.2 Å². The van der Waals surface area contributed by atoms with Crippen LogP contribution in [-0.4, -0.2) is 55.8 Å². The minimum absolute atomic E-state index is 0.0382. The maximum atomic E-state index is 13.5. The largest absolute Gasteiger partial charge is 0.492 e. The second kappa shape index (κ2) is 10.7. The number of likely N-dealkylation sites (tertiary alicyclic amines) is 1. The minimum Gasteiger partial charge on any atom is -0.492 e. The monoisotopic (exact) mass is 604 g/mol. The van der Waals surface area contributed by atoms with Crippen molar-refractivity contribution in [3.63, 3.8) is 0 Å². The lowest BCUT2D eigenvalue weighted by atomic mass is 9.87. The molecule has 4 aromatic rings. The Kier molecular flexibility index (Phi) is 7.19. The van der Waals surface area contributed by atoms with Crippen LogP contribution in [0.2, 0.25) is 0 Å². The maximum Gasteiger partial charge on any atom is 0.446 e. The average Bonchev–Trinajstić information content (AvgIpc) is 2.92. The molecule has 0 unspecified atom stereocenters. The van der Waals surface area contributed by atoms with Crippen molar-refractivity contribution in [1.82, 2.24) is 9.88 Å². The van der Waals surface area contributed by atoms with Gasteiger partial charge in [0.05, 0.1) is 17.8 Å². The highest BCUT2D eigenvalue weighted by atomic mass is 32.3. The molecule has 0 amide bonds. The summed E-state index contributed by atoms with van der Waals surface area (Å²) in [4.78, 5) is 6.49. The number of alkyl halides is 4. The Hall–Kier alpha value is -3.94. The fourth-order valence-electron chi connectivity index (χ4n) is 5.29. The number of fused-ring (bicyclic) bond motifs is 5. The Morgan fingerprint density at radius 3 is 2.43 bits per heavy atom. The van der Waals surface area contributed by atoms with Gasteiger partial charge in [-0.1, -0.05) is 12.1 Å². The van der Waals surface area contributed by atoms with Crippen molar-refractivity contribution in [2.75, 3.05) is 32.9 Å². The summed E-state index contributed by atoms with van der Waals surface area (Å²) in [5.74, 6) is 0.550. The van der Waals surface area contributed by atoms with E-state index in [1.54, 1.807) is 30.3 Å². The molecule has 42 heavy (non-hydrogen) atoms. The SMILES string of the molecule is O=S(=O)(O)Oc1ccc2c3c(cnc2c1)-c1ccc(C(F)(F)F)cc1O[C@H]3c1ccc(OCCN2CC(CF)C2)cc1. The highest BCUT2D eigenvalue weighted by Crippen LogP contribution is 2.49. The van der Waals surface area contributed by atoms with Crippen molar-refractivity contribution in [1.29, 1.82) is 0 Å². The predicted octanol–water partition coefficient (Wildman–Crippen LogP) is 5.86. The number of aromatic nitrogens is 1. The van der Waals surface area contributed by atoms with Gasteiger partial charge in [-0.25, -0.2) is 0 Å². The van der Waals surface area contributed by atoms with E-state index in [2.05, 4.69) is 14.1 Å². The molecule has 0 spiro atoms. The van der Waals surface area contributed by atoms with E-state index in [0.29, 0.717) is 65.1 Å². The summed E-state index contributed by atoms with van der Waals surface area (Å²) < 4.78 is 101. The standard InChI is InChI=1S/C29H24F4N2O6S/c30-13-17-15-35(16-17)9-10-39-20-4-1-18(2-5-20)28-27-23-8-6-21(41-42(36,37)38)12-25(23)34-14-24(27)22-7-3-19(29(31,32)33)11-26(22)40-28/h1-8,11-12,14,17,28H,9-10,13,15-16H2,(H,36,37,38)/t28-/m0/s1. The summed E-state index contributed by atoms with van der Waals surface area (Å²) in [7, 11) is -4.76. The normalized spacial score (nSPS) is 17.2. The number of rotatable bonds is 8. The maximum absolute atomic E-state index is 13.5. The summed E-state index contributed by atoms with van der Waals surface area (Å²) in [5, 5.41) is 0.548. The van der Waals surface area contributed by atoms with Crippen LogP contribution in [0.1, 0.15) is 22.8 Å². The van der Waals surface area contributed by atoms with E-state index in [1.165, 1.54) is 24.4 Å². The third kappa shape index (κ3) is 5.72. The van der Waals surface area contributed by atoms with Gasteiger partial charge in [-0.05, 0) is 48.0 Å². The number of hydrogen-bond acceptors (Lipinski definition) is 7. The summed E-state index contributed by atoms with van der Waals surface area (Å²) >= 11 is 0. The van der Waals surface area contributed by atoms with Crippen LogP contribution in [-0.2, 0) is 16.6 Å². The Bertz CT molecular complexity index is 1740. The molecule has 0 saturated carbocycles. The van der Waals surface area contributed by atoms with Gasteiger partial charge in [-0.3, -0.25) is 18.8 Å². The molecule has 13 heteroatoms. The Balaban J connectivity index is 1.35. The Morgan fingerprint density at radius 1 is 1.00 bits per heavy atom. The highest BCUT2D eigenvalue weighted by Gasteiger charge is 2.35. The van der Waals surface area contributed by atoms with Crippen molar-refractivity contribution < 1.29 is 44.2 Å². The van der Waals surface area contributed by atoms with Crippen molar-refractivity contribution in [3.05, 3.63) is 83.6 Å². The van der Waals surface area contributed by atoms with Gasteiger partial charge in [0, 0.05) is 59.9 Å². The zero-order chi connectivity index (χ0) is 29.6. The summed E-state index contributed by atoms with van der Waals surface area (Å²) in [5.41, 5.74) is 1.67. The van der Waals surface area contributed by atoms with Gasteiger partial charge in [0.15, 0.2) is 6.10 Å². The molecule has 1 atom stereocenters. The summed E-state index contributed by atoms with van der Waals surface area (Å²) in [6.45, 7) is 2.18. The first kappa shape index (κ1) is 28.2. The Morgan fingerprint density at radius 2 is 1.74 bits per heavy atom. The first-order chi connectivity index (χ1) is 20.0. The molecule has 8 nitrogen and oxygen atoms in total. The van der Waals surface area contributed by atoms with E-state index in [1.807, 2.05) is 0 Å². The number of halogens is 4. The van der Waals surface area contributed by atoms with E-state index >= 15 is 0 Å². The average molecular weight is 605 g/mol. The molecule has 1 N–H and O–H groups in total. The lowest BCUT2D eigenvalue weighted by molar-refractivity contribution is -0.137. The number of benzene rings is 3. The molecule has 220 valence electrons. The van der Waals surface area contributed by atoms with Gasteiger partial charge in [0.25, 0.3) is 0 Å². The lowest BCUT2D eigenvalue weighted by Gasteiger charge is -2.37. The van der Waals surface area contributed by atoms with E-state index in [9.17, 15) is 26.0 Å². The fraction of sp³-hybridized carbons (Fsp3) is 0.276. The molecule has 1 saturated heterocycles. The number of ether oxygens (including phenoxy) is 2. The van der Waals surface area contributed by atoms with Gasteiger partial charge in [0.2, 0.25) is 0 Å². The van der Waals surface area contributed by atoms with Crippen LogP contribution in [0.25, 0.3) is 22.0 Å². The molecule has 3 aromatic carbocycles. The predicted molar refractivity (Wildman–Crippen MR) is 145 cm³/mol. The molecule has 0 aliphatic carbocycles. The van der Waals surface area contributed by atoms with Crippen LogP contribution in [0.15, 0.2) is 66.9 Å². The fourth-order valence-corrected chi connectivity index (χ4v) is 5.64. The lowest BCUT2D eigenvalue weighted by Crippen LogP contribution is -2.49. The van der Waals surface area contributed by atoms with E-state index in [-0.39, 0.29) is 24.1 Å². The smallest absolute Gasteiger partial charge is 0.446 e. The van der Waals surface area contributed by atoms with E-state index in [0.717, 1.165) is 12.1 Å². The summed E-state index contributed by atoms with van der Waals surface area (Å²) in [6, 6.07) is 14.5. The topological polar surface area (TPSA) is 98.2 Å². The molecular weight excluding hydrogens is 580 g/mol. The number of hydrogen-bond donors (Lipinski definition) is 1. The molecular formula is C29H24F4N2O6S. The number of nitrogens with zero attached hydrogens (tertiary/aromatic N) is 2. The van der Waals surface area contributed by atoms with Crippen molar-refractivity contribution in [3.8, 4) is 28.4 Å². The van der Waals surface area contributed by atoms with E-state index in [4.69, 9.17) is 14.0 Å². The van der Waals surface area contributed by atoms with E-state index < -0.39 is 28.2 Å². The third-order valence-electron chi connectivity index (χ3n) is 7.30. The number of pyridine rings is 1. The zero-order valence-electron chi connectivity index (χ0n) is 21.8. The van der Waals surface area contributed by atoms with Crippen LogP contribution >= 0.6 is 0 Å². The summed E-state index contributed by atoms with van der Waals surface area (Å²) in [6.07, 6.45) is -3.93. The van der Waals surface area contributed by atoms with Crippen LogP contribution in [0.3, 0.4) is 0 Å². The zero-order valence-corrected chi connectivity index (χ0v) is 22.7. The Labute approximate surface area is 238 Å². The molecule has 0 radical (unpaired) electrons. The molecule has 3 heterocycles. The molecule has 2 aliphatic heterocycles.